The number of amides is 1. The number of fused-ring (bicyclic) bond motifs is 1. The molecule has 4 rings (SSSR count). The van der Waals surface area contributed by atoms with E-state index in [4.69, 9.17) is 16.3 Å². The first-order valence-electron chi connectivity index (χ1n) is 9.36. The molecule has 1 saturated heterocycles. The molecule has 4 nitrogen and oxygen atoms in total. The zero-order valence-electron chi connectivity index (χ0n) is 15.3. The predicted octanol–water partition coefficient (Wildman–Crippen LogP) is 4.95. The second-order valence-electron chi connectivity index (χ2n) is 6.97. The first-order chi connectivity index (χ1) is 13.6. The lowest BCUT2D eigenvalue weighted by molar-refractivity contribution is -0.140. The van der Waals surface area contributed by atoms with Crippen molar-refractivity contribution in [3.63, 3.8) is 0 Å². The molecule has 0 radical (unpaired) electrons. The minimum atomic E-state index is -0.227. The number of esters is 1. The molecule has 5 heteroatoms. The van der Waals surface area contributed by atoms with E-state index in [-0.39, 0.29) is 17.8 Å². The standard InChI is InChI=1S/C23H20ClNO3/c24-19-10-8-17(9-11-19)22(26)25-14-12-18(13-15-25)23(27)28-21-7-3-5-16-4-1-2-6-20(16)21/h1-11,18H,12-15H2. The first-order valence-corrected chi connectivity index (χ1v) is 9.74. The number of carbonyl (C=O) groups excluding carboxylic acids is 2. The number of halogens is 1. The molecule has 0 N–H and O–H groups in total. The van der Waals surface area contributed by atoms with Gasteiger partial charge in [0.25, 0.3) is 5.91 Å². The van der Waals surface area contributed by atoms with E-state index >= 15 is 0 Å². The van der Waals surface area contributed by atoms with Gasteiger partial charge >= 0.3 is 5.97 Å². The summed E-state index contributed by atoms with van der Waals surface area (Å²) in [5, 5.41) is 2.57. The summed E-state index contributed by atoms with van der Waals surface area (Å²) in [6.45, 7) is 1.08. The lowest BCUT2D eigenvalue weighted by atomic mass is 9.96. The summed E-state index contributed by atoms with van der Waals surface area (Å²) in [6.07, 6.45) is 1.20. The molecule has 0 bridgehead atoms. The fourth-order valence-corrected chi connectivity index (χ4v) is 3.70. The highest BCUT2D eigenvalue weighted by Gasteiger charge is 2.29. The van der Waals surface area contributed by atoms with Gasteiger partial charge in [0.15, 0.2) is 0 Å². The van der Waals surface area contributed by atoms with Gasteiger partial charge < -0.3 is 9.64 Å². The molecule has 1 heterocycles. The lowest BCUT2D eigenvalue weighted by Crippen LogP contribution is -2.41. The van der Waals surface area contributed by atoms with Crippen molar-refractivity contribution in [2.75, 3.05) is 13.1 Å². The van der Waals surface area contributed by atoms with E-state index in [1.807, 2.05) is 42.5 Å². The molecule has 0 saturated carbocycles. The molecule has 1 aliphatic rings. The van der Waals surface area contributed by atoms with E-state index in [0.717, 1.165) is 10.8 Å². The predicted molar refractivity (Wildman–Crippen MR) is 110 cm³/mol. The Morgan fingerprint density at radius 1 is 0.893 bits per heavy atom. The van der Waals surface area contributed by atoms with E-state index in [1.165, 1.54) is 0 Å². The zero-order valence-corrected chi connectivity index (χ0v) is 16.1. The van der Waals surface area contributed by atoms with E-state index in [2.05, 4.69) is 0 Å². The van der Waals surface area contributed by atoms with Crippen molar-refractivity contribution in [3.8, 4) is 5.75 Å². The Morgan fingerprint density at radius 2 is 1.57 bits per heavy atom. The Kier molecular flexibility index (Phi) is 5.31. The van der Waals surface area contributed by atoms with Crippen LogP contribution in [0.4, 0.5) is 0 Å². The van der Waals surface area contributed by atoms with Gasteiger partial charge in [0.2, 0.25) is 0 Å². The maximum Gasteiger partial charge on any atom is 0.314 e. The van der Waals surface area contributed by atoms with Gasteiger partial charge in [-0.15, -0.1) is 0 Å². The number of hydrogen-bond donors (Lipinski definition) is 0. The SMILES string of the molecule is O=C(Oc1cccc2ccccc12)C1CCN(C(=O)c2ccc(Cl)cc2)CC1. The van der Waals surface area contributed by atoms with Crippen molar-refractivity contribution < 1.29 is 14.3 Å². The molecule has 1 fully saturated rings. The van der Waals surface area contributed by atoms with E-state index in [0.29, 0.717) is 42.3 Å². The topological polar surface area (TPSA) is 46.6 Å². The maximum atomic E-state index is 12.7. The van der Waals surface area contributed by atoms with Crippen molar-refractivity contribution in [3.05, 3.63) is 77.3 Å². The van der Waals surface area contributed by atoms with Crippen LogP contribution in [0.1, 0.15) is 23.2 Å². The van der Waals surface area contributed by atoms with Crippen LogP contribution in [-0.2, 0) is 4.79 Å². The van der Waals surface area contributed by atoms with E-state index < -0.39 is 0 Å². The molecule has 1 amide bonds. The van der Waals surface area contributed by atoms with Crippen molar-refractivity contribution >= 4 is 34.2 Å². The third-order valence-corrected chi connectivity index (χ3v) is 5.42. The molecule has 28 heavy (non-hydrogen) atoms. The fourth-order valence-electron chi connectivity index (χ4n) is 3.57. The Bertz CT molecular complexity index is 1000. The Morgan fingerprint density at radius 3 is 2.32 bits per heavy atom. The van der Waals surface area contributed by atoms with Gasteiger partial charge in [-0.3, -0.25) is 9.59 Å². The van der Waals surface area contributed by atoms with Gasteiger partial charge in [0, 0.05) is 29.1 Å². The highest BCUT2D eigenvalue weighted by molar-refractivity contribution is 6.30. The summed E-state index contributed by atoms with van der Waals surface area (Å²) in [5.41, 5.74) is 0.612. The quantitative estimate of drug-likeness (QED) is 0.467. The summed E-state index contributed by atoms with van der Waals surface area (Å²) < 4.78 is 5.70. The molecule has 142 valence electrons. The van der Waals surface area contributed by atoms with Gasteiger partial charge in [0.05, 0.1) is 5.92 Å². The fraction of sp³-hybridized carbons (Fsp3) is 0.217. The molecule has 3 aromatic rings. The lowest BCUT2D eigenvalue weighted by Gasteiger charge is -2.31. The number of carbonyl (C=O) groups is 2. The van der Waals surface area contributed by atoms with Crippen LogP contribution >= 0.6 is 11.6 Å². The Balaban J connectivity index is 1.38. The summed E-state index contributed by atoms with van der Waals surface area (Å²) in [4.78, 5) is 27.0. The summed E-state index contributed by atoms with van der Waals surface area (Å²) in [5.74, 6) is 0.128. The van der Waals surface area contributed by atoms with Crippen molar-refractivity contribution in [1.29, 1.82) is 0 Å². The Hall–Kier alpha value is -2.85. The molecule has 0 atom stereocenters. The zero-order chi connectivity index (χ0) is 19.5. The number of rotatable bonds is 3. The van der Waals surface area contributed by atoms with Crippen molar-refractivity contribution in [2.24, 2.45) is 5.92 Å². The summed E-state index contributed by atoms with van der Waals surface area (Å²) in [6, 6.07) is 20.4. The monoisotopic (exact) mass is 393 g/mol. The van der Waals surface area contributed by atoms with Crippen molar-refractivity contribution in [2.45, 2.75) is 12.8 Å². The molecule has 0 aliphatic carbocycles. The normalized spacial score (nSPS) is 14.8. The highest BCUT2D eigenvalue weighted by Crippen LogP contribution is 2.28. The van der Waals surface area contributed by atoms with Gasteiger partial charge in [0.1, 0.15) is 5.75 Å². The van der Waals surface area contributed by atoms with Crippen LogP contribution in [0.2, 0.25) is 5.02 Å². The minimum Gasteiger partial charge on any atom is -0.426 e. The number of hydrogen-bond acceptors (Lipinski definition) is 3. The smallest absolute Gasteiger partial charge is 0.314 e. The average molecular weight is 394 g/mol. The third-order valence-electron chi connectivity index (χ3n) is 5.17. The summed E-state index contributed by atoms with van der Waals surface area (Å²) in [7, 11) is 0. The number of nitrogens with zero attached hydrogens (tertiary/aromatic N) is 1. The molecule has 0 unspecified atom stereocenters. The summed E-state index contributed by atoms with van der Waals surface area (Å²) >= 11 is 5.88. The van der Waals surface area contributed by atoms with Gasteiger partial charge in [-0.2, -0.15) is 0 Å². The molecular weight excluding hydrogens is 374 g/mol. The second-order valence-corrected chi connectivity index (χ2v) is 7.41. The minimum absolute atomic E-state index is 0.0301. The first kappa shape index (κ1) is 18.5. The molecule has 1 aliphatic heterocycles. The van der Waals surface area contributed by atoms with Gasteiger partial charge in [-0.1, -0.05) is 48.0 Å². The van der Waals surface area contributed by atoms with Gasteiger partial charge in [-0.05, 0) is 48.6 Å². The van der Waals surface area contributed by atoms with Crippen LogP contribution in [0.15, 0.2) is 66.7 Å². The molecule has 0 aromatic heterocycles. The molecule has 0 spiro atoms. The number of ether oxygens (including phenoxy) is 1. The molecule has 3 aromatic carbocycles. The third kappa shape index (κ3) is 3.87. The number of likely N-dealkylation sites (tertiary alicyclic amines) is 1. The number of piperidine rings is 1. The maximum absolute atomic E-state index is 12.7. The number of benzene rings is 3. The van der Waals surface area contributed by atoms with Crippen LogP contribution in [0, 0.1) is 5.92 Å². The highest BCUT2D eigenvalue weighted by atomic mass is 35.5. The van der Waals surface area contributed by atoms with Crippen LogP contribution in [0.3, 0.4) is 0 Å². The van der Waals surface area contributed by atoms with E-state index in [9.17, 15) is 9.59 Å². The van der Waals surface area contributed by atoms with Crippen LogP contribution in [0.5, 0.6) is 5.75 Å². The molecular formula is C23H20ClNO3. The Labute approximate surface area is 168 Å². The van der Waals surface area contributed by atoms with Crippen LogP contribution in [-0.4, -0.2) is 29.9 Å². The van der Waals surface area contributed by atoms with E-state index in [1.54, 1.807) is 29.2 Å². The average Bonchev–Trinajstić information content (AvgIpc) is 2.74. The van der Waals surface area contributed by atoms with Gasteiger partial charge in [-0.25, -0.2) is 0 Å². The van der Waals surface area contributed by atoms with Crippen molar-refractivity contribution in [1.82, 2.24) is 4.90 Å². The second kappa shape index (κ2) is 8.03. The van der Waals surface area contributed by atoms with Crippen LogP contribution < -0.4 is 4.74 Å². The van der Waals surface area contributed by atoms with Crippen LogP contribution in [0.25, 0.3) is 10.8 Å². The largest absolute Gasteiger partial charge is 0.426 e.